The predicted molar refractivity (Wildman–Crippen MR) is 78.4 cm³/mol. The highest BCUT2D eigenvalue weighted by Gasteiger charge is 2.26. The lowest BCUT2D eigenvalue weighted by Crippen LogP contribution is -2.32. The molecule has 7 nitrogen and oxygen atoms in total. The molecule has 0 saturated carbocycles. The number of aromatic nitrogens is 2. The van der Waals surface area contributed by atoms with E-state index in [4.69, 9.17) is 5.73 Å². The van der Waals surface area contributed by atoms with E-state index in [0.29, 0.717) is 6.54 Å². The highest BCUT2D eigenvalue weighted by molar-refractivity contribution is 8.00. The van der Waals surface area contributed by atoms with Crippen molar-refractivity contribution in [2.45, 2.75) is 31.4 Å². The van der Waals surface area contributed by atoms with E-state index in [1.54, 1.807) is 11.8 Å². The van der Waals surface area contributed by atoms with E-state index in [2.05, 4.69) is 29.1 Å². The van der Waals surface area contributed by atoms with Crippen molar-refractivity contribution in [3.05, 3.63) is 16.3 Å². The molecule has 3 N–H and O–H groups in total. The molecule has 0 unspecified atom stereocenters. The Balaban J connectivity index is 2.93. The van der Waals surface area contributed by atoms with E-state index in [1.807, 2.05) is 6.26 Å². The number of nitrogens with zero attached hydrogens (tertiary/aromatic N) is 3. The summed E-state index contributed by atoms with van der Waals surface area (Å²) in [6.45, 7) is 4.80. The Morgan fingerprint density at radius 1 is 1.53 bits per heavy atom. The van der Waals surface area contributed by atoms with E-state index >= 15 is 0 Å². The maximum absolute atomic E-state index is 10.9. The Morgan fingerprint density at radius 2 is 2.16 bits per heavy atom. The quantitative estimate of drug-likeness (QED) is 0.584. The molecule has 19 heavy (non-hydrogen) atoms. The molecular formula is C11H19N5O2S. The fourth-order valence-corrected chi connectivity index (χ4v) is 2.55. The van der Waals surface area contributed by atoms with Crippen LogP contribution in [0.25, 0.3) is 0 Å². The molecule has 0 aliphatic carbocycles. The summed E-state index contributed by atoms with van der Waals surface area (Å²) in [6, 6.07) is 0. The van der Waals surface area contributed by atoms with Crippen LogP contribution in [0.1, 0.15) is 26.7 Å². The average molecular weight is 285 g/mol. The number of nitrogen functional groups attached to an aromatic ring is 1. The largest absolute Gasteiger partial charge is 0.368 e. The van der Waals surface area contributed by atoms with Crippen molar-refractivity contribution in [1.82, 2.24) is 9.97 Å². The molecular weight excluding hydrogens is 266 g/mol. The van der Waals surface area contributed by atoms with Crippen molar-refractivity contribution < 1.29 is 4.92 Å². The van der Waals surface area contributed by atoms with Gasteiger partial charge in [-0.15, -0.1) is 0 Å². The van der Waals surface area contributed by atoms with E-state index in [0.717, 1.165) is 19.0 Å². The van der Waals surface area contributed by atoms with Crippen LogP contribution in [0, 0.1) is 10.1 Å². The van der Waals surface area contributed by atoms with Crippen LogP contribution in [0.3, 0.4) is 0 Å². The monoisotopic (exact) mass is 285 g/mol. The number of thioether (sulfide) groups is 1. The zero-order valence-corrected chi connectivity index (χ0v) is 12.2. The van der Waals surface area contributed by atoms with Gasteiger partial charge in [-0.3, -0.25) is 10.1 Å². The second-order valence-electron chi connectivity index (χ2n) is 4.17. The van der Waals surface area contributed by atoms with Gasteiger partial charge in [-0.05, 0) is 19.1 Å². The topological polar surface area (TPSA) is 107 Å². The van der Waals surface area contributed by atoms with Gasteiger partial charge in [0.15, 0.2) is 0 Å². The average Bonchev–Trinajstić information content (AvgIpc) is 2.40. The fraction of sp³-hybridized carbons (Fsp3) is 0.636. The van der Waals surface area contributed by atoms with Gasteiger partial charge < -0.3 is 11.1 Å². The highest BCUT2D eigenvalue weighted by atomic mass is 32.2. The molecule has 1 heterocycles. The smallest absolute Gasteiger partial charge is 0.329 e. The Bertz CT molecular complexity index is 442. The van der Waals surface area contributed by atoms with Crippen LogP contribution in [-0.4, -0.2) is 32.4 Å². The minimum atomic E-state index is -0.513. The maximum atomic E-state index is 10.9. The number of hydrogen-bond donors (Lipinski definition) is 2. The van der Waals surface area contributed by atoms with Crippen LogP contribution in [0.15, 0.2) is 6.20 Å². The lowest BCUT2D eigenvalue weighted by molar-refractivity contribution is -0.384. The molecule has 8 heteroatoms. The summed E-state index contributed by atoms with van der Waals surface area (Å²) in [5, 5.41) is 13.9. The number of nitrogens with two attached hydrogens (primary N) is 1. The first-order valence-electron chi connectivity index (χ1n) is 6.04. The Kier molecular flexibility index (Phi) is 5.34. The third-order valence-electron chi connectivity index (χ3n) is 3.28. The number of anilines is 2. The second kappa shape index (κ2) is 6.55. The molecule has 1 rings (SSSR count). The summed E-state index contributed by atoms with van der Waals surface area (Å²) in [4.78, 5) is 17.9. The van der Waals surface area contributed by atoms with Crippen molar-refractivity contribution in [1.29, 1.82) is 0 Å². The SMILES string of the molecule is CCC(CC)(CNc1nc(N)ncc1[N+](=O)[O-])SC. The van der Waals surface area contributed by atoms with Gasteiger partial charge in [-0.2, -0.15) is 16.7 Å². The van der Waals surface area contributed by atoms with Crippen LogP contribution in [0.5, 0.6) is 0 Å². The van der Waals surface area contributed by atoms with Gasteiger partial charge in [0.1, 0.15) is 6.20 Å². The number of hydrogen-bond acceptors (Lipinski definition) is 7. The lowest BCUT2D eigenvalue weighted by Gasteiger charge is -2.29. The normalized spacial score (nSPS) is 11.3. The standard InChI is InChI=1S/C11H19N5O2S/c1-4-11(5-2,19-3)7-14-9-8(16(17)18)6-13-10(12)15-9/h6H,4-5,7H2,1-3H3,(H3,12,13,14,15). The van der Waals surface area contributed by atoms with Gasteiger partial charge in [0.25, 0.3) is 0 Å². The molecule has 0 saturated heterocycles. The first kappa shape index (κ1) is 15.5. The van der Waals surface area contributed by atoms with Gasteiger partial charge >= 0.3 is 5.69 Å². The summed E-state index contributed by atoms with van der Waals surface area (Å²) < 4.78 is 0.0353. The molecule has 0 bridgehead atoms. The van der Waals surface area contributed by atoms with Crippen molar-refractivity contribution >= 4 is 29.2 Å². The lowest BCUT2D eigenvalue weighted by atomic mass is 10.0. The summed E-state index contributed by atoms with van der Waals surface area (Å²) in [7, 11) is 0. The van der Waals surface area contributed by atoms with Gasteiger partial charge in [0.2, 0.25) is 11.8 Å². The zero-order valence-electron chi connectivity index (χ0n) is 11.3. The maximum Gasteiger partial charge on any atom is 0.329 e. The summed E-state index contributed by atoms with van der Waals surface area (Å²) in [5.41, 5.74) is 5.32. The van der Waals surface area contributed by atoms with Crippen molar-refractivity contribution in [2.75, 3.05) is 23.9 Å². The molecule has 0 amide bonds. The minimum absolute atomic E-state index is 0.0239. The molecule has 0 radical (unpaired) electrons. The second-order valence-corrected chi connectivity index (χ2v) is 5.44. The molecule has 0 spiro atoms. The molecule has 0 aromatic carbocycles. The van der Waals surface area contributed by atoms with Gasteiger partial charge in [-0.25, -0.2) is 4.98 Å². The van der Waals surface area contributed by atoms with Crippen LogP contribution in [0.2, 0.25) is 0 Å². The Morgan fingerprint density at radius 3 is 2.63 bits per heavy atom. The predicted octanol–water partition coefficient (Wildman–Crippen LogP) is 2.30. The molecule has 106 valence electrons. The third kappa shape index (κ3) is 3.69. The van der Waals surface area contributed by atoms with Gasteiger partial charge in [0, 0.05) is 11.3 Å². The highest BCUT2D eigenvalue weighted by Crippen LogP contribution is 2.31. The molecule has 0 atom stereocenters. The summed E-state index contributed by atoms with van der Waals surface area (Å²) >= 11 is 1.75. The fourth-order valence-electron chi connectivity index (χ4n) is 1.76. The molecule has 1 aromatic rings. The molecule has 0 aliphatic rings. The van der Waals surface area contributed by atoms with E-state index < -0.39 is 4.92 Å². The van der Waals surface area contributed by atoms with Crippen molar-refractivity contribution in [3.8, 4) is 0 Å². The van der Waals surface area contributed by atoms with E-state index in [9.17, 15) is 10.1 Å². The van der Waals surface area contributed by atoms with Crippen LogP contribution < -0.4 is 11.1 Å². The van der Waals surface area contributed by atoms with Crippen molar-refractivity contribution in [2.24, 2.45) is 0 Å². The van der Waals surface area contributed by atoms with Gasteiger partial charge in [0.05, 0.1) is 4.92 Å². The van der Waals surface area contributed by atoms with Crippen LogP contribution in [-0.2, 0) is 0 Å². The third-order valence-corrected chi connectivity index (χ3v) is 4.87. The van der Waals surface area contributed by atoms with Crippen molar-refractivity contribution in [3.63, 3.8) is 0 Å². The number of nitro groups is 1. The van der Waals surface area contributed by atoms with E-state index in [-0.39, 0.29) is 22.2 Å². The molecule has 1 aromatic heterocycles. The molecule has 0 fully saturated rings. The minimum Gasteiger partial charge on any atom is -0.368 e. The Labute approximate surface area is 116 Å². The zero-order chi connectivity index (χ0) is 14.5. The van der Waals surface area contributed by atoms with Gasteiger partial charge in [-0.1, -0.05) is 13.8 Å². The summed E-state index contributed by atoms with van der Waals surface area (Å²) in [5.74, 6) is 0.202. The number of nitrogens with one attached hydrogen (secondary N) is 1. The van der Waals surface area contributed by atoms with Crippen LogP contribution in [0.4, 0.5) is 17.5 Å². The van der Waals surface area contributed by atoms with Crippen LogP contribution >= 0.6 is 11.8 Å². The first-order chi connectivity index (χ1) is 8.98. The first-order valence-corrected chi connectivity index (χ1v) is 7.26. The summed E-state index contributed by atoms with van der Waals surface area (Å²) in [6.07, 6.45) is 5.10. The van der Waals surface area contributed by atoms with E-state index in [1.165, 1.54) is 0 Å². The Hall–Kier alpha value is -1.57. The number of rotatable bonds is 7. The molecule has 0 aliphatic heterocycles.